The van der Waals surface area contributed by atoms with E-state index < -0.39 is 23.9 Å². The van der Waals surface area contributed by atoms with Gasteiger partial charge in [0.25, 0.3) is 0 Å². The number of aliphatic hydroxyl groups excluding tert-OH is 2. The molecule has 0 aromatic heterocycles. The van der Waals surface area contributed by atoms with Crippen LogP contribution in [-0.2, 0) is 6.18 Å². The van der Waals surface area contributed by atoms with E-state index in [-0.39, 0.29) is 27.9 Å². The molecule has 0 fully saturated rings. The van der Waals surface area contributed by atoms with Crippen molar-refractivity contribution >= 4 is 34.8 Å². The van der Waals surface area contributed by atoms with Gasteiger partial charge < -0.3 is 10.2 Å². The largest absolute Gasteiger partial charge is 0.416 e. The summed E-state index contributed by atoms with van der Waals surface area (Å²) >= 11 is 16.8. The second-order valence-corrected chi connectivity index (χ2v) is 5.03. The Morgan fingerprint density at radius 1 is 1.11 bits per heavy atom. The molecule has 1 aromatic carbocycles. The zero-order chi connectivity index (χ0) is 14.8. The van der Waals surface area contributed by atoms with Crippen molar-refractivity contribution in [1.29, 1.82) is 0 Å². The summed E-state index contributed by atoms with van der Waals surface area (Å²) in [5.41, 5.74) is -1.17. The molecule has 0 aliphatic carbocycles. The number of alkyl halides is 4. The van der Waals surface area contributed by atoms with Gasteiger partial charge in [-0.15, -0.1) is 11.6 Å². The van der Waals surface area contributed by atoms with Crippen LogP contribution >= 0.6 is 34.8 Å². The lowest BCUT2D eigenvalue weighted by Crippen LogP contribution is -2.20. The molecule has 19 heavy (non-hydrogen) atoms. The Balaban J connectivity index is 3.17. The minimum Gasteiger partial charge on any atom is -0.390 e. The number of hydrogen-bond acceptors (Lipinski definition) is 2. The van der Waals surface area contributed by atoms with E-state index in [2.05, 4.69) is 0 Å². The highest BCUT2D eigenvalue weighted by Gasteiger charge is 2.33. The third-order valence-corrected chi connectivity index (χ3v) is 3.32. The number of hydrogen-bond donors (Lipinski definition) is 2. The predicted molar refractivity (Wildman–Crippen MR) is 67.8 cm³/mol. The second kappa shape index (κ2) is 6.50. The molecule has 1 rings (SSSR count). The number of aliphatic hydroxyl groups is 2. The summed E-state index contributed by atoms with van der Waals surface area (Å²) < 4.78 is 37.5. The Labute approximate surface area is 122 Å². The molecule has 0 aliphatic heterocycles. The van der Waals surface area contributed by atoms with Gasteiger partial charge in [-0.2, -0.15) is 13.2 Å². The van der Waals surface area contributed by atoms with Gasteiger partial charge in [0, 0.05) is 21.5 Å². The van der Waals surface area contributed by atoms with E-state index in [1.807, 2.05) is 0 Å². The summed E-state index contributed by atoms with van der Waals surface area (Å²) in [6.45, 7) is 0. The number of halogens is 6. The highest BCUT2D eigenvalue weighted by atomic mass is 35.5. The van der Waals surface area contributed by atoms with Crippen molar-refractivity contribution in [2.75, 3.05) is 5.88 Å². The van der Waals surface area contributed by atoms with Crippen LogP contribution in [0, 0.1) is 0 Å². The van der Waals surface area contributed by atoms with Gasteiger partial charge in [-0.25, -0.2) is 0 Å². The fourth-order valence-electron chi connectivity index (χ4n) is 1.49. The molecule has 108 valence electrons. The van der Waals surface area contributed by atoms with E-state index >= 15 is 0 Å². The maximum atomic E-state index is 12.5. The molecule has 1 aromatic rings. The molecule has 8 heteroatoms. The molecule has 0 saturated heterocycles. The quantitative estimate of drug-likeness (QED) is 0.814. The first kappa shape index (κ1) is 16.9. The van der Waals surface area contributed by atoms with Gasteiger partial charge in [-0.1, -0.05) is 23.2 Å². The Morgan fingerprint density at radius 3 is 1.95 bits per heavy atom. The van der Waals surface area contributed by atoms with Crippen molar-refractivity contribution < 1.29 is 23.4 Å². The summed E-state index contributed by atoms with van der Waals surface area (Å²) in [4.78, 5) is 0. The van der Waals surface area contributed by atoms with E-state index in [9.17, 15) is 23.4 Å². The molecule has 0 aliphatic rings. The zero-order valence-corrected chi connectivity index (χ0v) is 11.7. The molecule has 0 heterocycles. The fourth-order valence-corrected chi connectivity index (χ4v) is 2.43. The van der Waals surface area contributed by atoms with Crippen LogP contribution in [0.4, 0.5) is 13.2 Å². The van der Waals surface area contributed by atoms with E-state index in [0.717, 1.165) is 0 Å². The lowest BCUT2D eigenvalue weighted by Gasteiger charge is -2.20. The molecule has 0 radical (unpaired) electrons. The normalized spacial score (nSPS) is 15.4. The lowest BCUT2D eigenvalue weighted by atomic mass is 10.0. The number of benzene rings is 1. The average molecular weight is 338 g/mol. The van der Waals surface area contributed by atoms with Crippen molar-refractivity contribution in [3.8, 4) is 0 Å². The molecule has 0 amide bonds. The van der Waals surface area contributed by atoms with E-state index in [1.54, 1.807) is 0 Å². The van der Waals surface area contributed by atoms with Crippen LogP contribution < -0.4 is 0 Å². The first-order valence-corrected chi connectivity index (χ1v) is 6.45. The van der Waals surface area contributed by atoms with Crippen molar-refractivity contribution in [3.63, 3.8) is 0 Å². The smallest absolute Gasteiger partial charge is 0.390 e. The standard InChI is InChI=1S/C11H10Cl3F3O2/c12-2-1-8(18)10(19)9-6(13)3-5(4-7(9)14)11(15,16)17/h3-4,8,10,18-19H,1-2H2. The third-order valence-electron chi connectivity index (χ3n) is 2.47. The van der Waals surface area contributed by atoms with Crippen LogP contribution in [0.3, 0.4) is 0 Å². The molecule has 2 nitrogen and oxygen atoms in total. The van der Waals surface area contributed by atoms with Gasteiger partial charge in [0.05, 0.1) is 11.7 Å². The topological polar surface area (TPSA) is 40.5 Å². The van der Waals surface area contributed by atoms with E-state index in [0.29, 0.717) is 12.1 Å². The van der Waals surface area contributed by atoms with E-state index in [4.69, 9.17) is 34.8 Å². The van der Waals surface area contributed by atoms with Crippen LogP contribution in [-0.4, -0.2) is 22.2 Å². The molecule has 2 unspecified atom stereocenters. The summed E-state index contributed by atoms with van der Waals surface area (Å²) in [5, 5.41) is 18.7. The van der Waals surface area contributed by atoms with Crippen molar-refractivity contribution in [1.82, 2.24) is 0 Å². The molecular weight excluding hydrogens is 327 g/mol. The van der Waals surface area contributed by atoms with Crippen LogP contribution in [0.15, 0.2) is 12.1 Å². The highest BCUT2D eigenvalue weighted by molar-refractivity contribution is 6.36. The summed E-state index contributed by atoms with van der Waals surface area (Å²) in [7, 11) is 0. The first-order valence-electron chi connectivity index (χ1n) is 5.16. The molecular formula is C11H10Cl3F3O2. The maximum Gasteiger partial charge on any atom is 0.416 e. The Morgan fingerprint density at radius 2 is 1.58 bits per heavy atom. The van der Waals surface area contributed by atoms with Gasteiger partial charge in [-0.05, 0) is 18.6 Å². The second-order valence-electron chi connectivity index (χ2n) is 3.84. The third kappa shape index (κ3) is 4.13. The van der Waals surface area contributed by atoms with Gasteiger partial charge in [-0.3, -0.25) is 0 Å². The highest BCUT2D eigenvalue weighted by Crippen LogP contribution is 2.39. The van der Waals surface area contributed by atoms with Gasteiger partial charge >= 0.3 is 6.18 Å². The van der Waals surface area contributed by atoms with Crippen LogP contribution in [0.5, 0.6) is 0 Å². The van der Waals surface area contributed by atoms with Crippen LogP contribution in [0.25, 0.3) is 0 Å². The average Bonchev–Trinajstić information content (AvgIpc) is 2.26. The Bertz CT molecular complexity index is 428. The molecule has 0 spiro atoms. The number of rotatable bonds is 4. The monoisotopic (exact) mass is 336 g/mol. The SMILES string of the molecule is OC(CCCl)C(O)c1c(Cl)cc(C(F)(F)F)cc1Cl. The van der Waals surface area contributed by atoms with Crippen molar-refractivity contribution in [2.45, 2.75) is 24.8 Å². The molecule has 0 bridgehead atoms. The van der Waals surface area contributed by atoms with Gasteiger partial charge in [0.2, 0.25) is 0 Å². The summed E-state index contributed by atoms with van der Waals surface area (Å²) in [6.07, 6.45) is -7.30. The fraction of sp³-hybridized carbons (Fsp3) is 0.455. The van der Waals surface area contributed by atoms with Crippen LogP contribution in [0.1, 0.15) is 23.7 Å². The van der Waals surface area contributed by atoms with Crippen molar-refractivity contribution in [3.05, 3.63) is 33.3 Å². The lowest BCUT2D eigenvalue weighted by molar-refractivity contribution is -0.137. The van der Waals surface area contributed by atoms with E-state index in [1.165, 1.54) is 0 Å². The van der Waals surface area contributed by atoms with Gasteiger partial charge in [0.15, 0.2) is 0 Å². The minimum absolute atomic E-state index is 0.0520. The predicted octanol–water partition coefficient (Wildman–Crippen LogP) is 4.04. The minimum atomic E-state index is -4.59. The summed E-state index contributed by atoms with van der Waals surface area (Å²) in [5.74, 6) is 0.0775. The molecule has 2 atom stereocenters. The molecule has 0 saturated carbocycles. The molecule has 2 N–H and O–H groups in total. The Hall–Kier alpha value is -0.200. The van der Waals surface area contributed by atoms with Crippen LogP contribution in [0.2, 0.25) is 10.0 Å². The Kier molecular flexibility index (Phi) is 5.77. The first-order chi connectivity index (χ1) is 8.68. The maximum absolute atomic E-state index is 12.5. The summed E-state index contributed by atoms with van der Waals surface area (Å²) in [6, 6.07) is 1.30. The van der Waals surface area contributed by atoms with Crippen molar-refractivity contribution in [2.24, 2.45) is 0 Å². The zero-order valence-electron chi connectivity index (χ0n) is 9.39. The van der Waals surface area contributed by atoms with Gasteiger partial charge in [0.1, 0.15) is 6.10 Å².